The molecule has 0 radical (unpaired) electrons. The van der Waals surface area contributed by atoms with Gasteiger partial charge in [-0.05, 0) is 36.6 Å². The van der Waals surface area contributed by atoms with E-state index >= 15 is 0 Å². The van der Waals surface area contributed by atoms with Gasteiger partial charge in [-0.25, -0.2) is 17.8 Å². The molecule has 1 aliphatic rings. The van der Waals surface area contributed by atoms with E-state index in [1.54, 1.807) is 12.1 Å². The lowest BCUT2D eigenvalue weighted by molar-refractivity contribution is -0.146. The molecule has 2 heterocycles. The SMILES string of the molecule is O=C(CC1CCS(=O)(=O)C1)OCc1ncc(-c2ccc(F)cc2)o1. The van der Waals surface area contributed by atoms with E-state index in [0.717, 1.165) is 0 Å². The number of ether oxygens (including phenoxy) is 1. The molecule has 6 nitrogen and oxygen atoms in total. The van der Waals surface area contributed by atoms with Gasteiger partial charge < -0.3 is 9.15 Å². The third-order valence-electron chi connectivity index (χ3n) is 3.82. The number of benzene rings is 1. The van der Waals surface area contributed by atoms with Gasteiger partial charge in [-0.15, -0.1) is 0 Å². The van der Waals surface area contributed by atoms with Crippen LogP contribution in [0, 0.1) is 11.7 Å². The first-order valence-electron chi connectivity index (χ1n) is 7.48. The van der Waals surface area contributed by atoms with Crippen LogP contribution in [0.1, 0.15) is 18.7 Å². The second-order valence-electron chi connectivity index (χ2n) is 5.76. The number of sulfone groups is 1. The quantitative estimate of drug-likeness (QED) is 0.767. The average Bonchev–Trinajstić information content (AvgIpc) is 3.12. The van der Waals surface area contributed by atoms with Crippen molar-refractivity contribution in [2.75, 3.05) is 11.5 Å². The van der Waals surface area contributed by atoms with Gasteiger partial charge in [0.15, 0.2) is 22.2 Å². The van der Waals surface area contributed by atoms with Crippen molar-refractivity contribution in [1.82, 2.24) is 4.98 Å². The van der Waals surface area contributed by atoms with Crippen LogP contribution in [-0.2, 0) is 26.0 Å². The minimum Gasteiger partial charge on any atom is -0.456 e. The number of hydrogen-bond donors (Lipinski definition) is 0. The molecular formula is C16H16FNO5S. The monoisotopic (exact) mass is 353 g/mol. The van der Waals surface area contributed by atoms with Crippen LogP contribution in [0.3, 0.4) is 0 Å². The van der Waals surface area contributed by atoms with Gasteiger partial charge in [-0.1, -0.05) is 0 Å². The summed E-state index contributed by atoms with van der Waals surface area (Å²) in [6.45, 7) is -0.125. The highest BCUT2D eigenvalue weighted by Gasteiger charge is 2.29. The van der Waals surface area contributed by atoms with E-state index in [-0.39, 0.29) is 42.2 Å². The van der Waals surface area contributed by atoms with Crippen molar-refractivity contribution < 1.29 is 26.8 Å². The van der Waals surface area contributed by atoms with Gasteiger partial charge in [0.2, 0.25) is 5.89 Å². The molecule has 24 heavy (non-hydrogen) atoms. The number of hydrogen-bond acceptors (Lipinski definition) is 6. The molecule has 0 bridgehead atoms. The topological polar surface area (TPSA) is 86.5 Å². The number of carbonyl (C=O) groups excluding carboxylic acids is 1. The Morgan fingerprint density at radius 1 is 1.33 bits per heavy atom. The maximum absolute atomic E-state index is 12.9. The normalized spacial score (nSPS) is 19.3. The van der Waals surface area contributed by atoms with Crippen molar-refractivity contribution in [1.29, 1.82) is 0 Å². The second-order valence-corrected chi connectivity index (χ2v) is 7.99. The zero-order chi connectivity index (χ0) is 17.2. The van der Waals surface area contributed by atoms with Gasteiger partial charge in [0.05, 0.1) is 17.7 Å². The van der Waals surface area contributed by atoms with Crippen molar-refractivity contribution in [3.05, 3.63) is 42.2 Å². The number of oxazole rings is 1. The minimum absolute atomic E-state index is 0.0375. The fraction of sp³-hybridized carbons (Fsp3) is 0.375. The van der Waals surface area contributed by atoms with E-state index in [1.807, 2.05) is 0 Å². The molecule has 1 aromatic carbocycles. The predicted molar refractivity (Wildman–Crippen MR) is 83.1 cm³/mol. The van der Waals surface area contributed by atoms with E-state index < -0.39 is 15.8 Å². The molecule has 128 valence electrons. The van der Waals surface area contributed by atoms with Crippen molar-refractivity contribution in [3.8, 4) is 11.3 Å². The highest BCUT2D eigenvalue weighted by Crippen LogP contribution is 2.23. The number of nitrogens with zero attached hydrogens (tertiary/aromatic N) is 1. The molecule has 3 rings (SSSR count). The molecule has 0 N–H and O–H groups in total. The van der Waals surface area contributed by atoms with Gasteiger partial charge in [0, 0.05) is 12.0 Å². The smallest absolute Gasteiger partial charge is 0.306 e. The predicted octanol–water partition coefficient (Wildman–Crippen LogP) is 2.35. The summed E-state index contributed by atoms with van der Waals surface area (Å²) in [7, 11) is -3.00. The molecule has 2 aromatic rings. The Kier molecular flexibility index (Phi) is 4.66. The lowest BCUT2D eigenvalue weighted by Crippen LogP contribution is -2.13. The van der Waals surface area contributed by atoms with Crippen LogP contribution in [0.15, 0.2) is 34.9 Å². The number of halogens is 1. The Labute approximate surface area is 138 Å². The van der Waals surface area contributed by atoms with Crippen LogP contribution in [0.5, 0.6) is 0 Å². The van der Waals surface area contributed by atoms with Crippen LogP contribution in [-0.4, -0.2) is 30.9 Å². The van der Waals surface area contributed by atoms with Crippen molar-refractivity contribution in [3.63, 3.8) is 0 Å². The Hall–Kier alpha value is -2.22. The number of esters is 1. The summed E-state index contributed by atoms with van der Waals surface area (Å²) >= 11 is 0. The Bertz CT molecular complexity index is 828. The molecule has 0 amide bonds. The molecule has 8 heteroatoms. The van der Waals surface area contributed by atoms with Crippen LogP contribution in [0.4, 0.5) is 4.39 Å². The molecule has 0 aliphatic carbocycles. The number of carbonyl (C=O) groups is 1. The zero-order valence-electron chi connectivity index (χ0n) is 12.8. The van der Waals surface area contributed by atoms with Crippen molar-refractivity contribution >= 4 is 15.8 Å². The summed E-state index contributed by atoms with van der Waals surface area (Å²) in [5.41, 5.74) is 0.664. The molecule has 1 unspecified atom stereocenters. The molecule has 1 atom stereocenters. The van der Waals surface area contributed by atoms with Gasteiger partial charge in [-0.3, -0.25) is 4.79 Å². The number of rotatable bonds is 5. The van der Waals surface area contributed by atoms with Crippen LogP contribution in [0.25, 0.3) is 11.3 Å². The fourth-order valence-electron chi connectivity index (χ4n) is 2.59. The third kappa shape index (κ3) is 4.19. The average molecular weight is 353 g/mol. The maximum atomic E-state index is 12.9. The first-order chi connectivity index (χ1) is 11.4. The molecule has 1 fully saturated rings. The second kappa shape index (κ2) is 6.72. The Morgan fingerprint density at radius 2 is 2.08 bits per heavy atom. The standard InChI is InChI=1S/C16H16FNO5S/c17-13-3-1-12(2-4-13)14-8-18-15(23-14)9-22-16(19)7-11-5-6-24(20,21)10-11/h1-4,8,11H,5-7,9-10H2. The van der Waals surface area contributed by atoms with Gasteiger partial charge in [0.1, 0.15) is 5.82 Å². The summed E-state index contributed by atoms with van der Waals surface area (Å²) in [6.07, 6.45) is 2.04. The highest BCUT2D eigenvalue weighted by molar-refractivity contribution is 7.91. The fourth-order valence-corrected chi connectivity index (χ4v) is 4.46. The Morgan fingerprint density at radius 3 is 2.75 bits per heavy atom. The molecule has 0 saturated carbocycles. The molecular weight excluding hydrogens is 337 g/mol. The molecule has 1 aliphatic heterocycles. The van der Waals surface area contributed by atoms with E-state index in [1.165, 1.54) is 18.3 Å². The maximum Gasteiger partial charge on any atom is 0.306 e. The summed E-state index contributed by atoms with van der Waals surface area (Å²) in [5, 5.41) is 0. The third-order valence-corrected chi connectivity index (χ3v) is 5.66. The van der Waals surface area contributed by atoms with Gasteiger partial charge in [0.25, 0.3) is 0 Å². The summed E-state index contributed by atoms with van der Waals surface area (Å²) in [6, 6.07) is 5.75. The summed E-state index contributed by atoms with van der Waals surface area (Å²) in [5.74, 6) is -0.159. The van der Waals surface area contributed by atoms with Crippen molar-refractivity contribution in [2.24, 2.45) is 5.92 Å². The lowest BCUT2D eigenvalue weighted by atomic mass is 10.1. The van der Waals surface area contributed by atoms with E-state index in [0.29, 0.717) is 17.7 Å². The van der Waals surface area contributed by atoms with Gasteiger partial charge >= 0.3 is 5.97 Å². The first kappa shape index (κ1) is 16.6. The Balaban J connectivity index is 1.52. The lowest BCUT2D eigenvalue weighted by Gasteiger charge is -2.06. The van der Waals surface area contributed by atoms with Crippen LogP contribution in [0.2, 0.25) is 0 Å². The van der Waals surface area contributed by atoms with Crippen LogP contribution < -0.4 is 0 Å². The zero-order valence-corrected chi connectivity index (χ0v) is 13.6. The highest BCUT2D eigenvalue weighted by atomic mass is 32.2. The van der Waals surface area contributed by atoms with Crippen molar-refractivity contribution in [2.45, 2.75) is 19.4 Å². The first-order valence-corrected chi connectivity index (χ1v) is 9.30. The largest absolute Gasteiger partial charge is 0.456 e. The van der Waals surface area contributed by atoms with Gasteiger partial charge in [-0.2, -0.15) is 0 Å². The van der Waals surface area contributed by atoms with E-state index in [2.05, 4.69) is 4.98 Å². The summed E-state index contributed by atoms with van der Waals surface area (Å²) in [4.78, 5) is 15.8. The van der Waals surface area contributed by atoms with Crippen LogP contribution >= 0.6 is 0 Å². The molecule has 1 saturated heterocycles. The van der Waals surface area contributed by atoms with E-state index in [4.69, 9.17) is 9.15 Å². The molecule has 0 spiro atoms. The molecule has 1 aromatic heterocycles. The van der Waals surface area contributed by atoms with E-state index in [9.17, 15) is 17.6 Å². The summed E-state index contributed by atoms with van der Waals surface area (Å²) < 4.78 is 46.1. The minimum atomic E-state index is -3.00. The number of aromatic nitrogens is 1.